The molecule has 1 aliphatic heterocycles. The minimum atomic E-state index is -3.96. The number of para-hydroxylation sites is 1. The first-order valence-corrected chi connectivity index (χ1v) is 10.5. The Morgan fingerprint density at radius 2 is 1.41 bits per heavy atom. The predicted molar refractivity (Wildman–Crippen MR) is 110 cm³/mol. The molecule has 0 unspecified atom stereocenters. The van der Waals surface area contributed by atoms with Crippen molar-refractivity contribution < 1.29 is 17.9 Å². The van der Waals surface area contributed by atoms with Gasteiger partial charge in [-0.3, -0.25) is 4.90 Å². The molecule has 7 heteroatoms. The second kappa shape index (κ2) is 7.60. The average molecular weight is 408 g/mol. The van der Waals surface area contributed by atoms with Crippen LogP contribution in [0, 0.1) is 0 Å². The van der Waals surface area contributed by atoms with Gasteiger partial charge in [0.1, 0.15) is 10.6 Å². The molecule has 29 heavy (non-hydrogen) atoms. The number of amides is 2. The Hall–Kier alpha value is -3.32. The van der Waals surface area contributed by atoms with Crippen molar-refractivity contribution >= 4 is 21.7 Å². The molecule has 1 aliphatic rings. The Labute approximate surface area is 170 Å². The Kier molecular flexibility index (Phi) is 4.98. The molecule has 0 aromatic heterocycles. The lowest BCUT2D eigenvalue weighted by atomic mass is 10.2. The molecule has 0 aliphatic carbocycles. The van der Waals surface area contributed by atoms with E-state index in [2.05, 4.69) is 0 Å². The van der Waals surface area contributed by atoms with E-state index in [1.54, 1.807) is 49.6 Å². The van der Waals surface area contributed by atoms with E-state index < -0.39 is 16.1 Å². The number of rotatable bonds is 5. The molecule has 148 valence electrons. The summed E-state index contributed by atoms with van der Waals surface area (Å²) in [5.41, 5.74) is 2.01. The van der Waals surface area contributed by atoms with Crippen LogP contribution in [-0.2, 0) is 23.1 Å². The van der Waals surface area contributed by atoms with Crippen molar-refractivity contribution in [3.63, 3.8) is 0 Å². The normalized spacial score (nSPS) is 15.1. The zero-order chi connectivity index (χ0) is 20.4. The summed E-state index contributed by atoms with van der Waals surface area (Å²) in [6.07, 6.45) is 0. The number of urea groups is 1. The van der Waals surface area contributed by atoms with Gasteiger partial charge in [0.2, 0.25) is 0 Å². The van der Waals surface area contributed by atoms with Crippen LogP contribution in [0.1, 0.15) is 11.1 Å². The zero-order valence-electron chi connectivity index (χ0n) is 15.9. The lowest BCUT2D eigenvalue weighted by molar-refractivity contribution is 0.226. The molecule has 2 amide bonds. The van der Waals surface area contributed by atoms with Crippen molar-refractivity contribution in [3.05, 3.63) is 90.0 Å². The van der Waals surface area contributed by atoms with Crippen LogP contribution in [0.3, 0.4) is 0 Å². The molecule has 1 heterocycles. The average Bonchev–Trinajstić information content (AvgIpc) is 2.75. The topological polar surface area (TPSA) is 66.9 Å². The fourth-order valence-electron chi connectivity index (χ4n) is 3.33. The minimum absolute atomic E-state index is 0.0508. The molecule has 6 nitrogen and oxygen atoms in total. The molecule has 0 N–H and O–H groups in total. The Morgan fingerprint density at radius 1 is 0.793 bits per heavy atom. The summed E-state index contributed by atoms with van der Waals surface area (Å²) in [6.45, 7) is 0.232. The molecular weight excluding hydrogens is 388 g/mol. The smallest absolute Gasteiger partial charge is 0.339 e. The van der Waals surface area contributed by atoms with Gasteiger partial charge in [-0.1, -0.05) is 54.6 Å². The van der Waals surface area contributed by atoms with E-state index in [4.69, 9.17) is 4.74 Å². The van der Waals surface area contributed by atoms with Gasteiger partial charge in [-0.15, -0.1) is 0 Å². The van der Waals surface area contributed by atoms with E-state index in [1.807, 2.05) is 30.3 Å². The molecule has 0 spiro atoms. The molecule has 3 aromatic carbocycles. The largest absolute Gasteiger partial charge is 0.497 e. The summed E-state index contributed by atoms with van der Waals surface area (Å²) in [7, 11) is -2.40. The predicted octanol–water partition coefficient (Wildman–Crippen LogP) is 4.03. The lowest BCUT2D eigenvalue weighted by Gasteiger charge is -2.36. The highest BCUT2D eigenvalue weighted by atomic mass is 32.2. The van der Waals surface area contributed by atoms with Crippen molar-refractivity contribution in [3.8, 4) is 5.75 Å². The number of carbonyl (C=O) groups is 1. The lowest BCUT2D eigenvalue weighted by Crippen LogP contribution is -2.49. The number of benzene rings is 3. The number of hydrogen-bond donors (Lipinski definition) is 0. The highest BCUT2D eigenvalue weighted by Gasteiger charge is 2.41. The van der Waals surface area contributed by atoms with E-state index in [0.717, 1.165) is 9.87 Å². The van der Waals surface area contributed by atoms with Gasteiger partial charge in [-0.2, -0.15) is 0 Å². The molecule has 4 rings (SSSR count). The van der Waals surface area contributed by atoms with Crippen LogP contribution in [0.4, 0.5) is 10.5 Å². The van der Waals surface area contributed by atoms with Crippen molar-refractivity contribution in [1.82, 2.24) is 4.31 Å². The van der Waals surface area contributed by atoms with Gasteiger partial charge in [-0.05, 0) is 35.4 Å². The van der Waals surface area contributed by atoms with Crippen molar-refractivity contribution in [1.29, 1.82) is 0 Å². The zero-order valence-corrected chi connectivity index (χ0v) is 16.7. The van der Waals surface area contributed by atoms with E-state index >= 15 is 0 Å². The Morgan fingerprint density at radius 3 is 2.10 bits per heavy atom. The molecule has 0 fully saturated rings. The van der Waals surface area contributed by atoms with Gasteiger partial charge in [0.25, 0.3) is 10.0 Å². The number of carbonyl (C=O) groups excluding carboxylic acids is 1. The Bertz CT molecular complexity index is 1130. The first kappa shape index (κ1) is 19.0. The van der Waals surface area contributed by atoms with Gasteiger partial charge in [0.05, 0.1) is 25.9 Å². The molecule has 0 saturated heterocycles. The molecule has 3 aromatic rings. The molecular formula is C22H20N2O4S. The number of methoxy groups -OCH3 is 1. The van der Waals surface area contributed by atoms with Crippen LogP contribution >= 0.6 is 0 Å². The van der Waals surface area contributed by atoms with E-state index in [1.165, 1.54) is 11.0 Å². The van der Waals surface area contributed by atoms with Gasteiger partial charge in [0, 0.05) is 0 Å². The monoisotopic (exact) mass is 408 g/mol. The van der Waals surface area contributed by atoms with Crippen LogP contribution in [0.25, 0.3) is 0 Å². The van der Waals surface area contributed by atoms with Crippen LogP contribution in [-0.4, -0.2) is 25.9 Å². The summed E-state index contributed by atoms with van der Waals surface area (Å²) in [6, 6.07) is 22.5. The second-order valence-corrected chi connectivity index (χ2v) is 8.51. The van der Waals surface area contributed by atoms with Gasteiger partial charge in [-0.25, -0.2) is 17.5 Å². The highest BCUT2D eigenvalue weighted by Crippen LogP contribution is 2.36. The molecule has 0 atom stereocenters. The number of sulfonamides is 1. The minimum Gasteiger partial charge on any atom is -0.497 e. The summed E-state index contributed by atoms with van der Waals surface area (Å²) in [5, 5.41) is 0. The fraction of sp³-hybridized carbons (Fsp3) is 0.136. The van der Waals surface area contributed by atoms with Crippen LogP contribution in [0.2, 0.25) is 0 Å². The summed E-state index contributed by atoms with van der Waals surface area (Å²) in [5.74, 6) is 0.664. The molecule has 0 radical (unpaired) electrons. The SMILES string of the molecule is COc1ccc(CN2C(=O)N(Cc3ccccc3)c3ccccc3S2(=O)=O)cc1. The number of nitrogens with zero attached hydrogens (tertiary/aromatic N) is 2. The van der Waals surface area contributed by atoms with Crippen LogP contribution in [0.15, 0.2) is 83.8 Å². The first-order chi connectivity index (χ1) is 14.0. The van der Waals surface area contributed by atoms with Crippen molar-refractivity contribution in [2.75, 3.05) is 12.0 Å². The van der Waals surface area contributed by atoms with Crippen molar-refractivity contribution in [2.24, 2.45) is 0 Å². The summed E-state index contributed by atoms with van der Waals surface area (Å²) < 4.78 is 32.5. The first-order valence-electron chi connectivity index (χ1n) is 9.11. The summed E-state index contributed by atoms with van der Waals surface area (Å²) in [4.78, 5) is 14.9. The van der Waals surface area contributed by atoms with E-state index in [0.29, 0.717) is 17.0 Å². The number of anilines is 1. The van der Waals surface area contributed by atoms with Crippen LogP contribution < -0.4 is 9.64 Å². The maximum absolute atomic E-state index is 13.3. The number of fused-ring (bicyclic) bond motifs is 1. The third kappa shape index (κ3) is 3.56. The maximum Gasteiger partial charge on any atom is 0.339 e. The number of ether oxygens (including phenoxy) is 1. The fourth-order valence-corrected chi connectivity index (χ4v) is 4.88. The maximum atomic E-state index is 13.3. The second-order valence-electron chi connectivity index (χ2n) is 6.68. The summed E-state index contributed by atoms with van der Waals surface area (Å²) >= 11 is 0. The molecule has 0 saturated carbocycles. The Balaban J connectivity index is 1.74. The number of hydrogen-bond acceptors (Lipinski definition) is 4. The van der Waals surface area contributed by atoms with Gasteiger partial charge in [0.15, 0.2) is 0 Å². The molecule has 0 bridgehead atoms. The van der Waals surface area contributed by atoms with Crippen molar-refractivity contribution in [2.45, 2.75) is 18.0 Å². The van der Waals surface area contributed by atoms with Gasteiger partial charge >= 0.3 is 6.03 Å². The van der Waals surface area contributed by atoms with Gasteiger partial charge < -0.3 is 4.74 Å². The third-order valence-electron chi connectivity index (χ3n) is 4.84. The highest BCUT2D eigenvalue weighted by molar-refractivity contribution is 7.90. The quantitative estimate of drug-likeness (QED) is 0.639. The van der Waals surface area contributed by atoms with Crippen LogP contribution in [0.5, 0.6) is 5.75 Å². The van der Waals surface area contributed by atoms with E-state index in [9.17, 15) is 13.2 Å². The standard InChI is InChI=1S/C22H20N2O4S/c1-28-19-13-11-18(12-14-19)16-24-22(25)23(15-17-7-3-2-4-8-17)20-9-5-6-10-21(20)29(24,26)27/h2-14H,15-16H2,1H3. The van der Waals surface area contributed by atoms with E-state index in [-0.39, 0.29) is 18.0 Å². The third-order valence-corrected chi connectivity index (χ3v) is 6.60.